The number of hydrogen-bond acceptors (Lipinski definition) is 3. The quantitative estimate of drug-likeness (QED) is 0.905. The van der Waals surface area contributed by atoms with Gasteiger partial charge in [-0.3, -0.25) is 4.79 Å². The van der Waals surface area contributed by atoms with Crippen LogP contribution in [0.15, 0.2) is 30.5 Å². The monoisotopic (exact) mass is 283 g/mol. The lowest BCUT2D eigenvalue weighted by molar-refractivity contribution is 0.0852. The van der Waals surface area contributed by atoms with Crippen molar-refractivity contribution < 1.29 is 4.79 Å². The summed E-state index contributed by atoms with van der Waals surface area (Å²) in [6, 6.07) is 7.91. The van der Waals surface area contributed by atoms with E-state index in [9.17, 15) is 4.79 Å². The molecule has 3 rings (SSSR count). The summed E-state index contributed by atoms with van der Waals surface area (Å²) in [4.78, 5) is 17.0. The molecule has 1 saturated carbocycles. The van der Waals surface area contributed by atoms with Gasteiger partial charge in [0, 0.05) is 23.7 Å². The fourth-order valence-electron chi connectivity index (χ4n) is 2.86. The molecule has 1 aromatic carbocycles. The van der Waals surface area contributed by atoms with Gasteiger partial charge in [-0.25, -0.2) is 4.98 Å². The van der Waals surface area contributed by atoms with Crippen molar-refractivity contribution in [2.75, 3.05) is 11.9 Å². The van der Waals surface area contributed by atoms with Crippen molar-refractivity contribution in [1.82, 2.24) is 10.3 Å². The molecule has 21 heavy (non-hydrogen) atoms. The van der Waals surface area contributed by atoms with Gasteiger partial charge in [0.05, 0.1) is 5.56 Å². The Balaban J connectivity index is 1.99. The third-order valence-electron chi connectivity index (χ3n) is 4.26. The number of carbonyl (C=O) groups excluding carboxylic acids is 1. The second-order valence-corrected chi connectivity index (χ2v) is 5.96. The molecule has 2 N–H and O–H groups in total. The number of rotatable bonds is 4. The van der Waals surface area contributed by atoms with Crippen molar-refractivity contribution >= 4 is 22.5 Å². The minimum atomic E-state index is -0.0431. The average Bonchev–Trinajstić information content (AvgIpc) is 2.46. The van der Waals surface area contributed by atoms with Crippen LogP contribution in [0.25, 0.3) is 10.8 Å². The first kappa shape index (κ1) is 13.9. The molecule has 0 radical (unpaired) electrons. The van der Waals surface area contributed by atoms with Gasteiger partial charge >= 0.3 is 0 Å². The largest absolute Gasteiger partial charge is 0.370 e. The van der Waals surface area contributed by atoms with Crippen molar-refractivity contribution in [2.24, 2.45) is 0 Å². The highest BCUT2D eigenvalue weighted by Gasteiger charge is 2.33. The van der Waals surface area contributed by atoms with Crippen molar-refractivity contribution in [1.29, 1.82) is 0 Å². The number of amides is 1. The number of pyridine rings is 1. The van der Waals surface area contributed by atoms with Crippen LogP contribution >= 0.6 is 0 Å². The number of nitrogens with one attached hydrogen (secondary N) is 2. The van der Waals surface area contributed by atoms with Crippen LogP contribution in [0.2, 0.25) is 0 Å². The molecular formula is C17H21N3O. The summed E-state index contributed by atoms with van der Waals surface area (Å²) in [5, 5.41) is 8.34. The van der Waals surface area contributed by atoms with Gasteiger partial charge in [0.25, 0.3) is 5.91 Å². The average molecular weight is 283 g/mol. The van der Waals surface area contributed by atoms with Crippen molar-refractivity contribution in [3.05, 3.63) is 36.0 Å². The van der Waals surface area contributed by atoms with Gasteiger partial charge in [-0.05, 0) is 38.5 Å². The van der Waals surface area contributed by atoms with Crippen LogP contribution in [0, 0.1) is 0 Å². The summed E-state index contributed by atoms with van der Waals surface area (Å²) in [5.41, 5.74) is 0.610. The van der Waals surface area contributed by atoms with Crippen molar-refractivity contribution in [3.63, 3.8) is 0 Å². The van der Waals surface area contributed by atoms with Gasteiger partial charge in [-0.2, -0.15) is 0 Å². The molecule has 1 heterocycles. The Morgan fingerprint density at radius 3 is 2.62 bits per heavy atom. The highest BCUT2D eigenvalue weighted by Crippen LogP contribution is 2.32. The molecule has 0 unspecified atom stereocenters. The van der Waals surface area contributed by atoms with E-state index in [1.165, 1.54) is 6.42 Å². The zero-order valence-electron chi connectivity index (χ0n) is 12.6. The van der Waals surface area contributed by atoms with E-state index < -0.39 is 0 Å². The van der Waals surface area contributed by atoms with Gasteiger partial charge in [0.2, 0.25) is 0 Å². The SMILES string of the molecule is CCNc1ncc(C(=O)NC2(C)CCC2)c2ccccc12. The number of nitrogens with zero attached hydrogens (tertiary/aromatic N) is 1. The van der Waals surface area contributed by atoms with Crippen molar-refractivity contribution in [2.45, 2.75) is 38.6 Å². The van der Waals surface area contributed by atoms with Gasteiger partial charge in [0.15, 0.2) is 0 Å². The van der Waals surface area contributed by atoms with E-state index in [0.29, 0.717) is 5.56 Å². The van der Waals surface area contributed by atoms with Crippen LogP contribution in [0.5, 0.6) is 0 Å². The Kier molecular flexibility index (Phi) is 3.53. The molecule has 4 nitrogen and oxygen atoms in total. The van der Waals surface area contributed by atoms with Crippen LogP contribution in [-0.2, 0) is 0 Å². The number of fused-ring (bicyclic) bond motifs is 1. The van der Waals surface area contributed by atoms with E-state index >= 15 is 0 Å². The molecule has 0 atom stereocenters. The molecule has 4 heteroatoms. The Morgan fingerprint density at radius 2 is 2.00 bits per heavy atom. The molecule has 2 aromatic rings. The summed E-state index contributed by atoms with van der Waals surface area (Å²) >= 11 is 0. The lowest BCUT2D eigenvalue weighted by atomic mass is 9.78. The predicted molar refractivity (Wildman–Crippen MR) is 85.6 cm³/mol. The number of aromatic nitrogens is 1. The fourth-order valence-corrected chi connectivity index (χ4v) is 2.86. The Bertz CT molecular complexity index is 677. The maximum absolute atomic E-state index is 12.6. The first-order valence-electron chi connectivity index (χ1n) is 7.57. The van der Waals surface area contributed by atoms with E-state index in [1.807, 2.05) is 31.2 Å². The molecule has 0 aliphatic heterocycles. The van der Waals surface area contributed by atoms with Crippen LogP contribution in [0.4, 0.5) is 5.82 Å². The summed E-state index contributed by atoms with van der Waals surface area (Å²) in [6.45, 7) is 4.95. The number of hydrogen-bond donors (Lipinski definition) is 2. The molecule has 1 aromatic heterocycles. The lowest BCUT2D eigenvalue weighted by Gasteiger charge is -2.39. The Hall–Kier alpha value is -2.10. The zero-order valence-corrected chi connectivity index (χ0v) is 12.6. The molecule has 0 saturated heterocycles. The Morgan fingerprint density at radius 1 is 1.29 bits per heavy atom. The molecule has 1 aliphatic carbocycles. The second kappa shape index (κ2) is 5.35. The fraction of sp³-hybridized carbons (Fsp3) is 0.412. The number of carbonyl (C=O) groups is 1. The van der Waals surface area contributed by atoms with Crippen LogP contribution in [0.1, 0.15) is 43.5 Å². The summed E-state index contributed by atoms with van der Waals surface area (Å²) in [7, 11) is 0. The van der Waals surface area contributed by atoms with E-state index in [4.69, 9.17) is 0 Å². The van der Waals surface area contributed by atoms with E-state index in [-0.39, 0.29) is 11.4 Å². The highest BCUT2D eigenvalue weighted by molar-refractivity contribution is 6.09. The van der Waals surface area contributed by atoms with E-state index in [2.05, 4.69) is 22.5 Å². The minimum Gasteiger partial charge on any atom is -0.370 e. The van der Waals surface area contributed by atoms with E-state index in [0.717, 1.165) is 36.0 Å². The summed E-state index contributed by atoms with van der Waals surface area (Å²) in [6.07, 6.45) is 4.98. The third kappa shape index (κ3) is 2.58. The van der Waals surface area contributed by atoms with Gasteiger partial charge in [-0.1, -0.05) is 24.3 Å². The molecule has 1 aliphatic rings. The first-order valence-corrected chi connectivity index (χ1v) is 7.57. The lowest BCUT2D eigenvalue weighted by Crippen LogP contribution is -2.51. The van der Waals surface area contributed by atoms with Gasteiger partial charge in [0.1, 0.15) is 5.82 Å². The number of benzene rings is 1. The zero-order chi connectivity index (χ0) is 14.9. The minimum absolute atomic E-state index is 0.0241. The van der Waals surface area contributed by atoms with Gasteiger partial charge in [-0.15, -0.1) is 0 Å². The smallest absolute Gasteiger partial charge is 0.253 e. The second-order valence-electron chi connectivity index (χ2n) is 5.96. The highest BCUT2D eigenvalue weighted by atomic mass is 16.1. The Labute approximate surface area is 125 Å². The van der Waals surface area contributed by atoms with Gasteiger partial charge < -0.3 is 10.6 Å². The van der Waals surface area contributed by atoms with Crippen LogP contribution in [-0.4, -0.2) is 23.0 Å². The molecule has 1 fully saturated rings. The summed E-state index contributed by atoms with van der Waals surface area (Å²) in [5.74, 6) is 0.809. The first-order chi connectivity index (χ1) is 10.1. The maximum Gasteiger partial charge on any atom is 0.253 e. The molecule has 0 spiro atoms. The normalized spacial score (nSPS) is 16.3. The predicted octanol–water partition coefficient (Wildman–Crippen LogP) is 3.34. The third-order valence-corrected chi connectivity index (χ3v) is 4.26. The molecular weight excluding hydrogens is 262 g/mol. The molecule has 1 amide bonds. The van der Waals surface area contributed by atoms with Crippen LogP contribution in [0.3, 0.4) is 0 Å². The van der Waals surface area contributed by atoms with E-state index in [1.54, 1.807) is 6.20 Å². The topological polar surface area (TPSA) is 54.0 Å². The molecule has 0 bridgehead atoms. The number of anilines is 1. The van der Waals surface area contributed by atoms with Crippen molar-refractivity contribution in [3.8, 4) is 0 Å². The maximum atomic E-state index is 12.6. The standard InChI is InChI=1S/C17H21N3O/c1-3-18-15-13-8-5-4-7-12(13)14(11-19-15)16(21)20-17(2)9-6-10-17/h4-5,7-8,11H,3,6,9-10H2,1-2H3,(H,18,19)(H,20,21). The molecule has 110 valence electrons. The summed E-state index contributed by atoms with van der Waals surface area (Å²) < 4.78 is 0. The van der Waals surface area contributed by atoms with Crippen LogP contribution < -0.4 is 10.6 Å².